The SMILES string of the molecule is COC(=O)C=Cc1ccc2c(c1)C(C)(C)OC(=O)N2. The molecule has 2 rings (SSSR count). The number of fused-ring (bicyclic) bond motifs is 1. The number of esters is 1. The number of cyclic esters (lactones) is 1. The molecule has 5 heteroatoms. The minimum atomic E-state index is -0.702. The highest BCUT2D eigenvalue weighted by molar-refractivity contribution is 5.90. The smallest absolute Gasteiger partial charge is 0.412 e. The number of carbonyl (C=O) groups excluding carboxylic acids is 2. The van der Waals surface area contributed by atoms with Crippen molar-refractivity contribution in [2.24, 2.45) is 0 Å². The van der Waals surface area contributed by atoms with Crippen molar-refractivity contribution < 1.29 is 19.1 Å². The lowest BCUT2D eigenvalue weighted by Gasteiger charge is -2.32. The molecule has 0 unspecified atom stereocenters. The van der Waals surface area contributed by atoms with Crippen LogP contribution in [0.2, 0.25) is 0 Å². The lowest BCUT2D eigenvalue weighted by Crippen LogP contribution is -2.34. The van der Waals surface area contributed by atoms with Crippen molar-refractivity contribution in [3.8, 4) is 0 Å². The van der Waals surface area contributed by atoms with E-state index in [4.69, 9.17) is 4.74 Å². The standard InChI is InChI=1S/C14H15NO4/c1-14(2)10-8-9(5-7-12(16)18-3)4-6-11(10)15-13(17)19-14/h4-8H,1-3H3,(H,15,17). The van der Waals surface area contributed by atoms with Crippen molar-refractivity contribution >= 4 is 23.8 Å². The van der Waals surface area contributed by atoms with Crippen LogP contribution in [0.5, 0.6) is 0 Å². The molecule has 1 aliphatic heterocycles. The van der Waals surface area contributed by atoms with Crippen molar-refractivity contribution in [3.05, 3.63) is 35.4 Å². The molecule has 0 fully saturated rings. The number of amides is 1. The Labute approximate surface area is 111 Å². The number of hydrogen-bond donors (Lipinski definition) is 1. The van der Waals surface area contributed by atoms with Crippen LogP contribution in [0.3, 0.4) is 0 Å². The van der Waals surface area contributed by atoms with Gasteiger partial charge in [-0.05, 0) is 37.6 Å². The van der Waals surface area contributed by atoms with Gasteiger partial charge in [-0.3, -0.25) is 5.32 Å². The monoisotopic (exact) mass is 261 g/mol. The van der Waals surface area contributed by atoms with Crippen LogP contribution >= 0.6 is 0 Å². The van der Waals surface area contributed by atoms with Crippen LogP contribution in [0.15, 0.2) is 24.3 Å². The maximum absolute atomic E-state index is 11.4. The van der Waals surface area contributed by atoms with Gasteiger partial charge in [0, 0.05) is 11.6 Å². The van der Waals surface area contributed by atoms with Crippen LogP contribution < -0.4 is 5.32 Å². The van der Waals surface area contributed by atoms with Gasteiger partial charge in [0.1, 0.15) is 5.60 Å². The predicted octanol–water partition coefficient (Wildman–Crippen LogP) is 2.67. The molecule has 0 aliphatic carbocycles. The Balaban J connectivity index is 2.36. The molecule has 0 aromatic heterocycles. The lowest BCUT2D eigenvalue weighted by atomic mass is 9.93. The largest absolute Gasteiger partial charge is 0.466 e. The molecule has 0 spiro atoms. The molecule has 0 atom stereocenters. The maximum atomic E-state index is 11.4. The molecule has 19 heavy (non-hydrogen) atoms. The maximum Gasteiger partial charge on any atom is 0.412 e. The van der Waals surface area contributed by atoms with E-state index in [0.29, 0.717) is 0 Å². The normalized spacial score (nSPS) is 16.5. The Bertz CT molecular complexity index is 561. The fourth-order valence-electron chi connectivity index (χ4n) is 1.93. The molecule has 0 saturated heterocycles. The van der Waals surface area contributed by atoms with Gasteiger partial charge in [0.25, 0.3) is 0 Å². The van der Waals surface area contributed by atoms with Gasteiger partial charge in [-0.25, -0.2) is 9.59 Å². The van der Waals surface area contributed by atoms with Crippen molar-refractivity contribution in [3.63, 3.8) is 0 Å². The topological polar surface area (TPSA) is 64.6 Å². The van der Waals surface area contributed by atoms with Crippen molar-refractivity contribution in [1.29, 1.82) is 0 Å². The van der Waals surface area contributed by atoms with Crippen LogP contribution in [0.4, 0.5) is 10.5 Å². The first-order valence-electron chi connectivity index (χ1n) is 5.83. The zero-order valence-corrected chi connectivity index (χ0v) is 11.0. The molecular formula is C14H15NO4. The van der Waals surface area contributed by atoms with Crippen molar-refractivity contribution in [2.45, 2.75) is 19.4 Å². The number of carbonyl (C=O) groups is 2. The molecule has 1 aromatic rings. The van der Waals surface area contributed by atoms with E-state index in [2.05, 4.69) is 10.1 Å². The summed E-state index contributed by atoms with van der Waals surface area (Å²) in [5, 5.41) is 2.64. The fourth-order valence-corrected chi connectivity index (χ4v) is 1.93. The molecule has 0 bridgehead atoms. The third-order valence-corrected chi connectivity index (χ3v) is 2.89. The molecule has 1 N–H and O–H groups in total. The van der Waals surface area contributed by atoms with E-state index in [1.54, 1.807) is 18.2 Å². The molecule has 1 amide bonds. The van der Waals surface area contributed by atoms with Crippen LogP contribution in [0, 0.1) is 0 Å². The van der Waals surface area contributed by atoms with Crippen molar-refractivity contribution in [1.82, 2.24) is 0 Å². The van der Waals surface area contributed by atoms with Gasteiger partial charge < -0.3 is 9.47 Å². The van der Waals surface area contributed by atoms with Gasteiger partial charge in [0.2, 0.25) is 0 Å². The summed E-state index contributed by atoms with van der Waals surface area (Å²) < 4.78 is 9.77. The Kier molecular flexibility index (Phi) is 3.29. The summed E-state index contributed by atoms with van der Waals surface area (Å²) in [4.78, 5) is 22.4. The van der Waals surface area contributed by atoms with E-state index >= 15 is 0 Å². The number of ether oxygens (including phenoxy) is 2. The number of hydrogen-bond acceptors (Lipinski definition) is 4. The molecule has 0 radical (unpaired) electrons. The quantitative estimate of drug-likeness (QED) is 0.656. The minimum Gasteiger partial charge on any atom is -0.466 e. The first-order valence-corrected chi connectivity index (χ1v) is 5.83. The third kappa shape index (κ3) is 2.76. The molecule has 1 aliphatic rings. The van der Waals surface area contributed by atoms with E-state index in [0.717, 1.165) is 16.8 Å². The van der Waals surface area contributed by atoms with Gasteiger partial charge in [-0.2, -0.15) is 0 Å². The van der Waals surface area contributed by atoms with Gasteiger partial charge in [-0.15, -0.1) is 0 Å². The number of anilines is 1. The third-order valence-electron chi connectivity index (χ3n) is 2.89. The average molecular weight is 261 g/mol. The highest BCUT2D eigenvalue weighted by Gasteiger charge is 2.33. The van der Waals surface area contributed by atoms with Gasteiger partial charge in [0.15, 0.2) is 0 Å². The predicted molar refractivity (Wildman–Crippen MR) is 70.6 cm³/mol. The first-order chi connectivity index (χ1) is 8.92. The second kappa shape index (κ2) is 4.76. The summed E-state index contributed by atoms with van der Waals surface area (Å²) >= 11 is 0. The molecule has 1 heterocycles. The molecule has 100 valence electrons. The second-order valence-corrected chi connectivity index (χ2v) is 4.69. The van der Waals surface area contributed by atoms with Crippen LogP contribution in [-0.2, 0) is 19.9 Å². The van der Waals surface area contributed by atoms with E-state index in [9.17, 15) is 9.59 Å². The fraction of sp³-hybridized carbons (Fsp3) is 0.286. The van der Waals surface area contributed by atoms with Gasteiger partial charge in [0.05, 0.1) is 12.8 Å². The van der Waals surface area contributed by atoms with E-state index in [-0.39, 0.29) is 0 Å². The van der Waals surface area contributed by atoms with Gasteiger partial charge >= 0.3 is 12.1 Å². The Morgan fingerprint density at radius 1 is 1.42 bits per heavy atom. The summed E-state index contributed by atoms with van der Waals surface area (Å²) in [6.07, 6.45) is 2.53. The minimum absolute atomic E-state index is 0.415. The second-order valence-electron chi connectivity index (χ2n) is 4.69. The summed E-state index contributed by atoms with van der Waals surface area (Å²) in [6.45, 7) is 3.64. The zero-order chi connectivity index (χ0) is 14.0. The summed E-state index contributed by atoms with van der Waals surface area (Å²) in [5.41, 5.74) is 1.71. The molecular weight excluding hydrogens is 246 g/mol. The van der Waals surface area contributed by atoms with E-state index in [1.165, 1.54) is 13.2 Å². The number of methoxy groups -OCH3 is 1. The highest BCUT2D eigenvalue weighted by Crippen LogP contribution is 2.36. The lowest BCUT2D eigenvalue weighted by molar-refractivity contribution is -0.134. The van der Waals surface area contributed by atoms with E-state index < -0.39 is 17.7 Å². The molecule has 1 aromatic carbocycles. The summed E-state index contributed by atoms with van der Waals surface area (Å²) in [6, 6.07) is 5.46. The first kappa shape index (κ1) is 13.1. The number of rotatable bonds is 2. The summed E-state index contributed by atoms with van der Waals surface area (Å²) in [7, 11) is 1.33. The number of nitrogens with one attached hydrogen (secondary N) is 1. The molecule has 5 nitrogen and oxygen atoms in total. The zero-order valence-electron chi connectivity index (χ0n) is 11.0. The highest BCUT2D eigenvalue weighted by atomic mass is 16.6. The Hall–Kier alpha value is -2.30. The van der Waals surface area contributed by atoms with Gasteiger partial charge in [-0.1, -0.05) is 6.07 Å². The van der Waals surface area contributed by atoms with Crippen molar-refractivity contribution in [2.75, 3.05) is 12.4 Å². The van der Waals surface area contributed by atoms with E-state index in [1.807, 2.05) is 19.9 Å². The average Bonchev–Trinajstić information content (AvgIpc) is 2.35. The van der Waals surface area contributed by atoms with Crippen LogP contribution in [-0.4, -0.2) is 19.2 Å². The van der Waals surface area contributed by atoms with Crippen LogP contribution in [0.25, 0.3) is 6.08 Å². The number of benzene rings is 1. The Morgan fingerprint density at radius 2 is 2.16 bits per heavy atom. The van der Waals surface area contributed by atoms with Crippen LogP contribution in [0.1, 0.15) is 25.0 Å². The molecule has 0 saturated carbocycles. The Morgan fingerprint density at radius 3 is 2.84 bits per heavy atom. The summed E-state index contributed by atoms with van der Waals surface area (Å²) in [5.74, 6) is -0.415.